The van der Waals surface area contributed by atoms with E-state index in [9.17, 15) is 14.9 Å². The van der Waals surface area contributed by atoms with Crippen LogP contribution in [0.2, 0.25) is 0 Å². The topological polar surface area (TPSA) is 108 Å². The summed E-state index contributed by atoms with van der Waals surface area (Å²) in [6.07, 6.45) is 1.69. The van der Waals surface area contributed by atoms with Gasteiger partial charge in [0.2, 0.25) is 5.91 Å². The molecule has 0 aliphatic carbocycles. The lowest BCUT2D eigenvalue weighted by Gasteiger charge is -2.28. The van der Waals surface area contributed by atoms with Crippen molar-refractivity contribution >= 4 is 17.3 Å². The summed E-state index contributed by atoms with van der Waals surface area (Å²) in [7, 11) is 3.18. The van der Waals surface area contributed by atoms with Gasteiger partial charge >= 0.3 is 0 Å². The van der Waals surface area contributed by atoms with Gasteiger partial charge in [0.1, 0.15) is 17.2 Å². The van der Waals surface area contributed by atoms with Crippen LogP contribution in [-0.4, -0.2) is 31.6 Å². The predicted octanol–water partition coefficient (Wildman–Crippen LogP) is 3.05. The number of amides is 1. The number of nitro groups is 1. The van der Waals surface area contributed by atoms with E-state index < -0.39 is 10.8 Å². The molecule has 0 bridgehead atoms. The zero-order valence-electron chi connectivity index (χ0n) is 15.2. The van der Waals surface area contributed by atoms with Crippen LogP contribution in [0, 0.1) is 10.1 Å². The Morgan fingerprint density at radius 3 is 2.63 bits per heavy atom. The molecule has 0 radical (unpaired) electrons. The summed E-state index contributed by atoms with van der Waals surface area (Å²) in [6.45, 7) is 0.655. The number of ether oxygens (including phenoxy) is 2. The van der Waals surface area contributed by atoms with Crippen molar-refractivity contribution < 1.29 is 19.2 Å². The van der Waals surface area contributed by atoms with E-state index in [0.29, 0.717) is 23.7 Å². The number of carbonyl (C=O) groups excluding carboxylic acids is 1. The molecule has 0 saturated carbocycles. The first kappa shape index (κ1) is 18.5. The van der Waals surface area contributed by atoms with E-state index in [4.69, 9.17) is 15.2 Å². The molecule has 0 spiro atoms. The van der Waals surface area contributed by atoms with E-state index in [2.05, 4.69) is 0 Å². The Morgan fingerprint density at radius 1 is 1.22 bits per heavy atom. The average Bonchev–Trinajstić information content (AvgIpc) is 3.16. The van der Waals surface area contributed by atoms with Gasteiger partial charge in [-0.25, -0.2) is 0 Å². The number of rotatable bonds is 6. The normalized spacial score (nSPS) is 16.2. The van der Waals surface area contributed by atoms with Gasteiger partial charge < -0.3 is 20.1 Å². The van der Waals surface area contributed by atoms with Crippen LogP contribution in [0.1, 0.15) is 34.8 Å². The fourth-order valence-electron chi connectivity index (χ4n) is 3.54. The first-order chi connectivity index (χ1) is 13.0. The van der Waals surface area contributed by atoms with E-state index in [1.54, 1.807) is 20.3 Å². The second kappa shape index (κ2) is 7.53. The van der Waals surface area contributed by atoms with Crippen LogP contribution in [0.5, 0.6) is 11.5 Å². The third kappa shape index (κ3) is 3.51. The van der Waals surface area contributed by atoms with Crippen molar-refractivity contribution in [3.05, 3.63) is 57.6 Å². The van der Waals surface area contributed by atoms with Crippen LogP contribution in [0.4, 0.5) is 11.4 Å². The van der Waals surface area contributed by atoms with Crippen molar-refractivity contribution in [2.24, 2.45) is 5.73 Å². The summed E-state index contributed by atoms with van der Waals surface area (Å²) in [5.74, 6) is 0.692. The number of nitrogens with zero attached hydrogens (tertiary/aromatic N) is 2. The van der Waals surface area contributed by atoms with Gasteiger partial charge in [-0.2, -0.15) is 0 Å². The van der Waals surface area contributed by atoms with Crippen LogP contribution >= 0.6 is 0 Å². The molecule has 0 unspecified atom stereocenters. The van der Waals surface area contributed by atoms with E-state index in [1.807, 2.05) is 23.1 Å². The number of primary amides is 1. The summed E-state index contributed by atoms with van der Waals surface area (Å²) in [5, 5.41) is 11.6. The predicted molar refractivity (Wildman–Crippen MR) is 100 cm³/mol. The van der Waals surface area contributed by atoms with Gasteiger partial charge in [0.05, 0.1) is 25.2 Å². The van der Waals surface area contributed by atoms with Crippen molar-refractivity contribution in [2.45, 2.75) is 18.9 Å². The van der Waals surface area contributed by atoms with Crippen molar-refractivity contribution in [3.8, 4) is 11.5 Å². The second-order valence-electron chi connectivity index (χ2n) is 6.28. The molecule has 8 nitrogen and oxygen atoms in total. The van der Waals surface area contributed by atoms with Gasteiger partial charge in [-0.3, -0.25) is 14.9 Å². The minimum absolute atomic E-state index is 0.104. The summed E-state index contributed by atoms with van der Waals surface area (Å²) < 4.78 is 10.8. The lowest BCUT2D eigenvalue weighted by molar-refractivity contribution is -0.384. The first-order valence-electron chi connectivity index (χ1n) is 8.53. The molecule has 0 aromatic heterocycles. The molecule has 8 heteroatoms. The number of hydrogen-bond donors (Lipinski definition) is 1. The second-order valence-corrected chi connectivity index (χ2v) is 6.28. The molecule has 2 aromatic carbocycles. The molecule has 1 atom stereocenters. The highest BCUT2D eigenvalue weighted by Gasteiger charge is 2.33. The lowest BCUT2D eigenvalue weighted by atomic mass is 10.0. The van der Waals surface area contributed by atoms with Gasteiger partial charge in [0.15, 0.2) is 0 Å². The monoisotopic (exact) mass is 371 g/mol. The smallest absolute Gasteiger partial charge is 0.293 e. The Labute approximate surface area is 156 Å². The number of anilines is 1. The molecule has 2 N–H and O–H groups in total. The Balaban J connectivity index is 2.08. The van der Waals surface area contributed by atoms with Crippen LogP contribution in [0.3, 0.4) is 0 Å². The third-order valence-electron chi connectivity index (χ3n) is 4.81. The van der Waals surface area contributed by atoms with Crippen molar-refractivity contribution in [1.29, 1.82) is 0 Å². The maximum atomic E-state index is 11.6. The zero-order valence-corrected chi connectivity index (χ0v) is 15.2. The number of methoxy groups -OCH3 is 2. The fourth-order valence-corrected chi connectivity index (χ4v) is 3.54. The van der Waals surface area contributed by atoms with Gasteiger partial charge in [0.25, 0.3) is 5.69 Å². The summed E-state index contributed by atoms with van der Waals surface area (Å²) in [4.78, 5) is 24.5. The molecule has 142 valence electrons. The average molecular weight is 371 g/mol. The Kier molecular flexibility index (Phi) is 5.16. The molecule has 1 heterocycles. The van der Waals surface area contributed by atoms with E-state index in [1.165, 1.54) is 12.1 Å². The maximum Gasteiger partial charge on any atom is 0.293 e. The van der Waals surface area contributed by atoms with Gasteiger partial charge in [-0.05, 0) is 43.2 Å². The number of hydrogen-bond acceptors (Lipinski definition) is 6. The lowest BCUT2D eigenvalue weighted by Crippen LogP contribution is -2.24. The Hall–Kier alpha value is -3.29. The van der Waals surface area contributed by atoms with Crippen LogP contribution in [0.25, 0.3) is 0 Å². The fraction of sp³-hybridized carbons (Fsp3) is 0.316. The van der Waals surface area contributed by atoms with E-state index >= 15 is 0 Å². The molecule has 27 heavy (non-hydrogen) atoms. The van der Waals surface area contributed by atoms with Crippen LogP contribution < -0.4 is 20.1 Å². The van der Waals surface area contributed by atoms with Crippen LogP contribution in [-0.2, 0) is 0 Å². The third-order valence-corrected chi connectivity index (χ3v) is 4.81. The number of nitro benzene ring substituents is 1. The first-order valence-corrected chi connectivity index (χ1v) is 8.53. The Bertz CT molecular complexity index is 884. The van der Waals surface area contributed by atoms with E-state index in [0.717, 1.165) is 18.4 Å². The van der Waals surface area contributed by atoms with Crippen molar-refractivity contribution in [2.75, 3.05) is 25.7 Å². The van der Waals surface area contributed by atoms with Gasteiger partial charge in [0, 0.05) is 23.7 Å². The molecule has 1 aliphatic rings. The van der Waals surface area contributed by atoms with Gasteiger partial charge in [-0.15, -0.1) is 0 Å². The Morgan fingerprint density at radius 2 is 2.00 bits per heavy atom. The van der Waals surface area contributed by atoms with Gasteiger partial charge in [-0.1, -0.05) is 0 Å². The van der Waals surface area contributed by atoms with Crippen molar-refractivity contribution in [1.82, 2.24) is 0 Å². The molecule has 1 fully saturated rings. The molecule has 1 amide bonds. The number of nitrogens with two attached hydrogens (primary N) is 1. The van der Waals surface area contributed by atoms with E-state index in [-0.39, 0.29) is 17.3 Å². The minimum atomic E-state index is -0.697. The summed E-state index contributed by atoms with van der Waals surface area (Å²) in [6, 6.07) is 9.77. The SMILES string of the molecule is COc1ccc(OC)c([C@H]2CCCN2c2ccc(C(N)=O)cc2[N+](=O)[O-])c1. The molecule has 3 rings (SSSR count). The number of benzene rings is 2. The number of carbonyl (C=O) groups is 1. The maximum absolute atomic E-state index is 11.6. The minimum Gasteiger partial charge on any atom is -0.497 e. The quantitative estimate of drug-likeness (QED) is 0.618. The highest BCUT2D eigenvalue weighted by molar-refractivity contribution is 5.94. The highest BCUT2D eigenvalue weighted by atomic mass is 16.6. The standard InChI is InChI=1S/C19H21N3O5/c1-26-13-6-8-18(27-2)14(11-13)15-4-3-9-21(15)16-7-5-12(19(20)23)10-17(16)22(24)25/h5-8,10-11,15H,3-4,9H2,1-2H3,(H2,20,23)/t15-/m1/s1. The molecule has 1 saturated heterocycles. The molecule has 1 aliphatic heterocycles. The van der Waals surface area contributed by atoms with Crippen molar-refractivity contribution in [3.63, 3.8) is 0 Å². The largest absolute Gasteiger partial charge is 0.497 e. The summed E-state index contributed by atoms with van der Waals surface area (Å²) in [5.41, 5.74) is 6.60. The van der Waals surface area contributed by atoms with Crippen LogP contribution in [0.15, 0.2) is 36.4 Å². The molecular formula is C19H21N3O5. The molecular weight excluding hydrogens is 350 g/mol. The highest BCUT2D eigenvalue weighted by Crippen LogP contribution is 2.44. The zero-order chi connectivity index (χ0) is 19.6. The summed E-state index contributed by atoms with van der Waals surface area (Å²) >= 11 is 0. The molecule has 2 aromatic rings.